The van der Waals surface area contributed by atoms with Crippen LogP contribution in [-0.4, -0.2) is 13.4 Å². The van der Waals surface area contributed by atoms with Crippen LogP contribution in [0.15, 0.2) is 60.7 Å². The third-order valence-electron chi connectivity index (χ3n) is 3.29. The number of fused-ring (bicyclic) bond motifs is 1. The highest BCUT2D eigenvalue weighted by atomic mass is 16.5. The average molecular weight is 278 g/mol. The Kier molecular flexibility index (Phi) is 3.56. The summed E-state index contributed by atoms with van der Waals surface area (Å²) in [7, 11) is 1.56. The van der Waals surface area contributed by atoms with Gasteiger partial charge in [0.1, 0.15) is 17.2 Å². The van der Waals surface area contributed by atoms with Gasteiger partial charge in [-0.15, -0.1) is 0 Å². The minimum atomic E-state index is 0.461. The lowest BCUT2D eigenvalue weighted by atomic mass is 10.1. The van der Waals surface area contributed by atoms with Gasteiger partial charge in [-0.2, -0.15) is 0 Å². The van der Waals surface area contributed by atoms with Crippen LogP contribution >= 0.6 is 0 Å². The van der Waals surface area contributed by atoms with Crippen LogP contribution in [-0.2, 0) is 0 Å². The number of aldehydes is 1. The van der Waals surface area contributed by atoms with E-state index in [4.69, 9.17) is 9.47 Å². The zero-order chi connectivity index (χ0) is 14.7. The van der Waals surface area contributed by atoms with Gasteiger partial charge in [-0.05, 0) is 41.1 Å². The summed E-state index contributed by atoms with van der Waals surface area (Å²) in [4.78, 5) is 11.2. The molecule has 0 aromatic heterocycles. The number of ether oxygens (including phenoxy) is 2. The van der Waals surface area contributed by atoms with Crippen molar-refractivity contribution in [3.63, 3.8) is 0 Å². The molecule has 3 rings (SSSR count). The predicted octanol–water partition coefficient (Wildman–Crippen LogP) is 4.45. The molecule has 3 heteroatoms. The van der Waals surface area contributed by atoms with Gasteiger partial charge in [-0.25, -0.2) is 0 Å². The number of methoxy groups -OCH3 is 1. The first kappa shape index (κ1) is 13.2. The van der Waals surface area contributed by atoms with E-state index >= 15 is 0 Å². The fourth-order valence-corrected chi connectivity index (χ4v) is 2.20. The zero-order valence-electron chi connectivity index (χ0n) is 11.6. The zero-order valence-corrected chi connectivity index (χ0v) is 11.6. The highest BCUT2D eigenvalue weighted by Gasteiger charge is 2.07. The summed E-state index contributed by atoms with van der Waals surface area (Å²) < 4.78 is 10.9. The standard InChI is InChI=1S/C18H14O3/c1-20-16-8-9-18(15(11-16)12-19)21-17-7-6-13-4-2-3-5-14(13)10-17/h2-12H,1H3. The van der Waals surface area contributed by atoms with Crippen LogP contribution in [0, 0.1) is 0 Å². The van der Waals surface area contributed by atoms with Crippen molar-refractivity contribution in [1.82, 2.24) is 0 Å². The van der Waals surface area contributed by atoms with Gasteiger partial charge in [0.2, 0.25) is 0 Å². The lowest BCUT2D eigenvalue weighted by molar-refractivity contribution is 0.112. The Morgan fingerprint density at radius 3 is 2.38 bits per heavy atom. The molecule has 0 radical (unpaired) electrons. The second-order valence-corrected chi connectivity index (χ2v) is 4.63. The van der Waals surface area contributed by atoms with Crippen LogP contribution in [0.25, 0.3) is 10.8 Å². The van der Waals surface area contributed by atoms with Gasteiger partial charge in [-0.1, -0.05) is 30.3 Å². The van der Waals surface area contributed by atoms with Crippen molar-refractivity contribution in [1.29, 1.82) is 0 Å². The molecule has 0 spiro atoms. The summed E-state index contributed by atoms with van der Waals surface area (Å²) in [5.74, 6) is 1.84. The molecule has 0 heterocycles. The van der Waals surface area contributed by atoms with E-state index in [9.17, 15) is 4.79 Å². The lowest BCUT2D eigenvalue weighted by Crippen LogP contribution is -1.92. The summed E-state index contributed by atoms with van der Waals surface area (Å²) in [5.41, 5.74) is 0.461. The Morgan fingerprint density at radius 2 is 1.62 bits per heavy atom. The van der Waals surface area contributed by atoms with E-state index in [1.807, 2.05) is 42.5 Å². The summed E-state index contributed by atoms with van der Waals surface area (Å²) in [6.07, 6.45) is 0.763. The summed E-state index contributed by atoms with van der Waals surface area (Å²) >= 11 is 0. The molecule has 0 saturated carbocycles. The van der Waals surface area contributed by atoms with Gasteiger partial charge in [-0.3, -0.25) is 4.79 Å². The summed E-state index contributed by atoms with van der Waals surface area (Å²) in [5, 5.41) is 2.24. The summed E-state index contributed by atoms with van der Waals surface area (Å²) in [6.45, 7) is 0. The number of carbonyl (C=O) groups is 1. The molecule has 0 amide bonds. The third-order valence-corrected chi connectivity index (χ3v) is 3.29. The maximum absolute atomic E-state index is 11.2. The van der Waals surface area contributed by atoms with Crippen LogP contribution in [0.3, 0.4) is 0 Å². The second-order valence-electron chi connectivity index (χ2n) is 4.63. The maximum Gasteiger partial charge on any atom is 0.153 e. The maximum atomic E-state index is 11.2. The van der Waals surface area contributed by atoms with Crippen LogP contribution in [0.5, 0.6) is 17.2 Å². The minimum Gasteiger partial charge on any atom is -0.497 e. The average Bonchev–Trinajstić information content (AvgIpc) is 2.55. The van der Waals surface area contributed by atoms with Gasteiger partial charge >= 0.3 is 0 Å². The molecule has 0 N–H and O–H groups in total. The van der Waals surface area contributed by atoms with Gasteiger partial charge < -0.3 is 9.47 Å². The quantitative estimate of drug-likeness (QED) is 0.661. The van der Waals surface area contributed by atoms with E-state index in [1.165, 1.54) is 0 Å². The molecule has 21 heavy (non-hydrogen) atoms. The SMILES string of the molecule is COc1ccc(Oc2ccc3ccccc3c2)c(C=O)c1. The number of carbonyl (C=O) groups excluding carboxylic acids is 1. The van der Waals surface area contributed by atoms with Crippen LogP contribution in [0.2, 0.25) is 0 Å². The van der Waals surface area contributed by atoms with E-state index in [2.05, 4.69) is 0 Å². The molecule has 0 saturated heterocycles. The lowest BCUT2D eigenvalue weighted by Gasteiger charge is -2.10. The first-order valence-electron chi connectivity index (χ1n) is 6.60. The van der Waals surface area contributed by atoms with Gasteiger partial charge in [0.05, 0.1) is 12.7 Å². The van der Waals surface area contributed by atoms with Crippen molar-refractivity contribution in [3.05, 3.63) is 66.2 Å². The third kappa shape index (κ3) is 2.72. The number of hydrogen-bond donors (Lipinski definition) is 0. The molecule has 0 aliphatic carbocycles. The molecular weight excluding hydrogens is 264 g/mol. The molecule has 3 aromatic carbocycles. The molecule has 3 aromatic rings. The molecule has 0 aliphatic rings. The monoisotopic (exact) mass is 278 g/mol. The first-order chi connectivity index (χ1) is 10.3. The van der Waals surface area contributed by atoms with Crippen molar-refractivity contribution in [3.8, 4) is 17.2 Å². The van der Waals surface area contributed by atoms with E-state index in [-0.39, 0.29) is 0 Å². The van der Waals surface area contributed by atoms with Gasteiger partial charge in [0, 0.05) is 0 Å². The molecule has 104 valence electrons. The number of rotatable bonds is 4. The highest BCUT2D eigenvalue weighted by Crippen LogP contribution is 2.29. The molecule has 3 nitrogen and oxygen atoms in total. The van der Waals surface area contributed by atoms with E-state index in [0.29, 0.717) is 22.8 Å². The normalized spacial score (nSPS) is 10.3. The number of hydrogen-bond acceptors (Lipinski definition) is 3. The smallest absolute Gasteiger partial charge is 0.153 e. The van der Waals surface area contributed by atoms with Crippen molar-refractivity contribution < 1.29 is 14.3 Å². The molecule has 0 atom stereocenters. The van der Waals surface area contributed by atoms with Gasteiger partial charge in [0.15, 0.2) is 6.29 Å². The van der Waals surface area contributed by atoms with Crippen molar-refractivity contribution in [2.45, 2.75) is 0 Å². The van der Waals surface area contributed by atoms with E-state index < -0.39 is 0 Å². The largest absolute Gasteiger partial charge is 0.497 e. The Bertz CT molecular complexity index is 793. The Balaban J connectivity index is 1.96. The van der Waals surface area contributed by atoms with Crippen molar-refractivity contribution in [2.75, 3.05) is 7.11 Å². The van der Waals surface area contributed by atoms with E-state index in [1.54, 1.807) is 25.3 Å². The Labute approximate surface area is 122 Å². The highest BCUT2D eigenvalue weighted by molar-refractivity contribution is 5.84. The molecular formula is C18H14O3. The van der Waals surface area contributed by atoms with Crippen LogP contribution in [0.4, 0.5) is 0 Å². The molecule has 0 bridgehead atoms. The molecule has 0 unspecified atom stereocenters. The topological polar surface area (TPSA) is 35.5 Å². The van der Waals surface area contributed by atoms with Crippen molar-refractivity contribution in [2.24, 2.45) is 0 Å². The second kappa shape index (κ2) is 5.67. The number of benzene rings is 3. The fraction of sp³-hybridized carbons (Fsp3) is 0.0556. The minimum absolute atomic E-state index is 0.461. The molecule has 0 fully saturated rings. The predicted molar refractivity (Wildman–Crippen MR) is 82.4 cm³/mol. The van der Waals surface area contributed by atoms with E-state index in [0.717, 1.165) is 17.1 Å². The molecule has 0 aliphatic heterocycles. The van der Waals surface area contributed by atoms with Crippen LogP contribution in [0.1, 0.15) is 10.4 Å². The Hall–Kier alpha value is -2.81. The van der Waals surface area contributed by atoms with Crippen molar-refractivity contribution >= 4 is 17.1 Å². The first-order valence-corrected chi connectivity index (χ1v) is 6.60. The van der Waals surface area contributed by atoms with Gasteiger partial charge in [0.25, 0.3) is 0 Å². The Morgan fingerprint density at radius 1 is 0.857 bits per heavy atom. The summed E-state index contributed by atoms with van der Waals surface area (Å²) in [6, 6.07) is 19.0. The fourth-order valence-electron chi connectivity index (χ4n) is 2.20. The van der Waals surface area contributed by atoms with Crippen LogP contribution < -0.4 is 9.47 Å².